The summed E-state index contributed by atoms with van der Waals surface area (Å²) >= 11 is 0. The van der Waals surface area contributed by atoms with Crippen LogP contribution in [0.2, 0.25) is 0 Å². The van der Waals surface area contributed by atoms with Gasteiger partial charge < -0.3 is 33.6 Å². The normalized spacial score (nSPS) is 25.5. The maximum atomic E-state index is 12.1. The molecule has 1 amide bonds. The van der Waals surface area contributed by atoms with Crippen molar-refractivity contribution >= 4 is 32.7 Å². The summed E-state index contributed by atoms with van der Waals surface area (Å²) < 4.78 is 29.5. The SMILES string of the molecule is CC(C)(C)OC(=O)N1CC=C(B2OC(C)(C)C(C)(C)O2)CC1.CC1(C)OB(C2=CCNCC2)OC1(C)C.Cl. The molecule has 38 heavy (non-hydrogen) atoms. The highest BCUT2D eigenvalue weighted by Crippen LogP contribution is 2.40. The second kappa shape index (κ2) is 11.8. The molecule has 216 valence electrons. The first-order valence-corrected chi connectivity index (χ1v) is 13.6. The Hall–Kier alpha value is -1.03. The number of ether oxygens (including phenoxy) is 1. The lowest BCUT2D eigenvalue weighted by atomic mass is 9.75. The third kappa shape index (κ3) is 7.79. The van der Waals surface area contributed by atoms with Crippen LogP contribution in [0.3, 0.4) is 0 Å². The topological polar surface area (TPSA) is 78.5 Å². The number of halogens is 1. The predicted octanol–water partition coefficient (Wildman–Crippen LogP) is 5.14. The molecule has 4 aliphatic heterocycles. The first kappa shape index (κ1) is 33.2. The molecule has 2 fully saturated rings. The first-order chi connectivity index (χ1) is 16.8. The van der Waals surface area contributed by atoms with Crippen LogP contribution in [0.4, 0.5) is 4.79 Å². The van der Waals surface area contributed by atoms with Crippen LogP contribution in [-0.4, -0.2) is 79.4 Å². The van der Waals surface area contributed by atoms with Crippen LogP contribution in [0, 0.1) is 0 Å². The van der Waals surface area contributed by atoms with E-state index in [0.29, 0.717) is 13.1 Å². The van der Waals surface area contributed by atoms with Crippen molar-refractivity contribution in [3.63, 3.8) is 0 Å². The minimum absolute atomic E-state index is 0. The van der Waals surface area contributed by atoms with Crippen molar-refractivity contribution in [1.29, 1.82) is 0 Å². The van der Waals surface area contributed by atoms with Crippen LogP contribution in [0.5, 0.6) is 0 Å². The Balaban J connectivity index is 0.000000277. The molecule has 8 nitrogen and oxygen atoms in total. The Morgan fingerprint density at radius 1 is 0.842 bits per heavy atom. The Labute approximate surface area is 237 Å². The van der Waals surface area contributed by atoms with Crippen LogP contribution in [0.25, 0.3) is 0 Å². The van der Waals surface area contributed by atoms with Crippen molar-refractivity contribution in [3.8, 4) is 0 Å². The van der Waals surface area contributed by atoms with Gasteiger partial charge in [0.2, 0.25) is 0 Å². The third-order valence-corrected chi connectivity index (χ3v) is 8.11. The summed E-state index contributed by atoms with van der Waals surface area (Å²) in [6.07, 6.45) is 5.71. The average Bonchev–Trinajstić information content (AvgIpc) is 3.13. The van der Waals surface area contributed by atoms with Crippen LogP contribution < -0.4 is 5.32 Å². The molecule has 0 atom stereocenters. The molecule has 11 heteroatoms. The van der Waals surface area contributed by atoms with Crippen LogP contribution >= 0.6 is 12.4 Å². The van der Waals surface area contributed by atoms with Gasteiger partial charge >= 0.3 is 20.3 Å². The minimum atomic E-state index is -0.465. The van der Waals surface area contributed by atoms with E-state index in [0.717, 1.165) is 31.4 Å². The number of rotatable bonds is 2. The molecule has 4 aliphatic rings. The molecule has 0 radical (unpaired) electrons. The lowest BCUT2D eigenvalue weighted by Crippen LogP contribution is -2.41. The van der Waals surface area contributed by atoms with Gasteiger partial charge in [-0.25, -0.2) is 4.79 Å². The second-order valence-electron chi connectivity index (χ2n) is 13.4. The molecule has 4 rings (SSSR count). The molecular weight excluding hydrogens is 505 g/mol. The van der Waals surface area contributed by atoms with Gasteiger partial charge in [-0.1, -0.05) is 12.2 Å². The smallest absolute Gasteiger partial charge is 0.444 e. The third-order valence-electron chi connectivity index (χ3n) is 8.11. The summed E-state index contributed by atoms with van der Waals surface area (Å²) in [5.41, 5.74) is 0.826. The maximum absolute atomic E-state index is 12.1. The van der Waals surface area contributed by atoms with Crippen molar-refractivity contribution in [1.82, 2.24) is 10.2 Å². The highest BCUT2D eigenvalue weighted by molar-refractivity contribution is 6.55. The van der Waals surface area contributed by atoms with Crippen molar-refractivity contribution in [2.24, 2.45) is 0 Å². The van der Waals surface area contributed by atoms with E-state index in [1.54, 1.807) is 4.90 Å². The van der Waals surface area contributed by atoms with Crippen molar-refractivity contribution < 1.29 is 28.1 Å². The largest absolute Gasteiger partial charge is 0.490 e. The number of hydrogen-bond acceptors (Lipinski definition) is 7. The number of nitrogens with one attached hydrogen (secondary N) is 1. The second-order valence-corrected chi connectivity index (χ2v) is 13.4. The molecule has 4 heterocycles. The number of hydrogen-bond donors (Lipinski definition) is 1. The van der Waals surface area contributed by atoms with Crippen LogP contribution in [0.1, 0.15) is 89.0 Å². The number of carbonyl (C=O) groups excluding carboxylic acids is 1. The van der Waals surface area contributed by atoms with E-state index in [-0.39, 0.29) is 55.1 Å². The van der Waals surface area contributed by atoms with Gasteiger partial charge in [0.05, 0.1) is 22.4 Å². The van der Waals surface area contributed by atoms with Gasteiger partial charge in [0, 0.05) is 19.6 Å². The van der Waals surface area contributed by atoms with Gasteiger partial charge in [0.1, 0.15) is 5.60 Å². The zero-order valence-corrected chi connectivity index (χ0v) is 26.2. The summed E-state index contributed by atoms with van der Waals surface area (Å²) in [5, 5.41) is 3.29. The van der Waals surface area contributed by atoms with E-state index in [2.05, 4.69) is 39.1 Å². The van der Waals surface area contributed by atoms with E-state index in [4.69, 9.17) is 23.4 Å². The van der Waals surface area contributed by atoms with Gasteiger partial charge in [0.15, 0.2) is 0 Å². The number of amides is 1. The molecule has 2 saturated heterocycles. The van der Waals surface area contributed by atoms with E-state index < -0.39 is 5.60 Å². The van der Waals surface area contributed by atoms with E-state index in [1.807, 2.05) is 54.5 Å². The summed E-state index contributed by atoms with van der Waals surface area (Å²) in [6.45, 7) is 25.3. The highest BCUT2D eigenvalue weighted by atomic mass is 35.5. The Morgan fingerprint density at radius 2 is 1.29 bits per heavy atom. The molecule has 0 spiro atoms. The lowest BCUT2D eigenvalue weighted by Gasteiger charge is -2.32. The van der Waals surface area contributed by atoms with Gasteiger partial charge in [-0.05, 0) is 106 Å². The average molecular weight is 555 g/mol. The molecule has 0 saturated carbocycles. The standard InChI is InChI=1S/C16H28BNO4.C11H20BNO2.ClH/c1-14(2,3)20-13(19)18-10-8-12(9-11-18)17-21-15(4,5)16(6,7)22-17;1-10(2)11(3,4)15-12(14-10)9-5-7-13-8-6-9;/h8H,9-11H2,1-7H3;5,13H,6-8H2,1-4H3;1H. The van der Waals surface area contributed by atoms with Crippen LogP contribution in [-0.2, 0) is 23.4 Å². The summed E-state index contributed by atoms with van der Waals surface area (Å²) in [7, 11) is -0.456. The molecule has 0 aliphatic carbocycles. The number of carbonyl (C=O) groups is 1. The maximum Gasteiger partial charge on any atom is 0.490 e. The zero-order chi connectivity index (χ0) is 27.9. The summed E-state index contributed by atoms with van der Waals surface area (Å²) in [5.74, 6) is 0. The van der Waals surface area contributed by atoms with E-state index >= 15 is 0 Å². The Bertz CT molecular complexity index is 882. The van der Waals surface area contributed by atoms with Gasteiger partial charge in [-0.15, -0.1) is 12.4 Å². The van der Waals surface area contributed by atoms with Gasteiger partial charge in [-0.3, -0.25) is 0 Å². The van der Waals surface area contributed by atoms with Gasteiger partial charge in [0.25, 0.3) is 0 Å². The Kier molecular flexibility index (Phi) is 10.3. The summed E-state index contributed by atoms with van der Waals surface area (Å²) in [6, 6.07) is 0. The van der Waals surface area contributed by atoms with Crippen molar-refractivity contribution in [3.05, 3.63) is 23.1 Å². The fourth-order valence-corrected chi connectivity index (χ4v) is 4.23. The lowest BCUT2D eigenvalue weighted by molar-refractivity contribution is 0.00578. The fourth-order valence-electron chi connectivity index (χ4n) is 4.23. The molecule has 0 aromatic carbocycles. The van der Waals surface area contributed by atoms with E-state index in [9.17, 15) is 4.79 Å². The molecular formula is C27H49B2ClN2O6. The molecule has 0 aromatic rings. The number of nitrogens with zero attached hydrogens (tertiary/aromatic N) is 1. The molecule has 1 N–H and O–H groups in total. The van der Waals surface area contributed by atoms with Crippen molar-refractivity contribution in [2.45, 2.75) is 117 Å². The zero-order valence-electron chi connectivity index (χ0n) is 25.4. The Morgan fingerprint density at radius 3 is 1.63 bits per heavy atom. The molecule has 0 unspecified atom stereocenters. The molecule has 0 aromatic heterocycles. The monoisotopic (exact) mass is 554 g/mol. The molecule has 0 bridgehead atoms. The first-order valence-electron chi connectivity index (χ1n) is 13.6. The van der Waals surface area contributed by atoms with Crippen LogP contribution in [0.15, 0.2) is 23.1 Å². The summed E-state index contributed by atoms with van der Waals surface area (Å²) in [4.78, 5) is 13.8. The highest BCUT2D eigenvalue weighted by Gasteiger charge is 2.53. The van der Waals surface area contributed by atoms with Crippen molar-refractivity contribution in [2.75, 3.05) is 26.2 Å². The van der Waals surface area contributed by atoms with Gasteiger partial charge in [-0.2, -0.15) is 0 Å². The van der Waals surface area contributed by atoms with E-state index in [1.165, 1.54) is 5.47 Å². The fraction of sp³-hybridized carbons (Fsp3) is 0.815. The minimum Gasteiger partial charge on any atom is -0.444 e. The quantitative estimate of drug-likeness (QED) is 0.474. The predicted molar refractivity (Wildman–Crippen MR) is 155 cm³/mol.